The third-order valence-corrected chi connectivity index (χ3v) is 3.13. The first-order valence-corrected chi connectivity index (χ1v) is 6.22. The molecule has 0 fully saturated rings. The number of benzene rings is 1. The molecule has 0 radical (unpaired) electrons. The van der Waals surface area contributed by atoms with Crippen LogP contribution in [-0.2, 0) is 5.41 Å². The number of hydrogen-bond donors (Lipinski definition) is 1. The lowest BCUT2D eigenvalue weighted by atomic mass is 9.85. The molecule has 1 aromatic carbocycles. The molecule has 0 saturated heterocycles. The van der Waals surface area contributed by atoms with Gasteiger partial charge in [-0.05, 0) is 29.0 Å². The lowest BCUT2D eigenvalue weighted by Gasteiger charge is -2.21. The average molecular weight is 241 g/mol. The van der Waals surface area contributed by atoms with Gasteiger partial charge in [0.05, 0.1) is 6.10 Å². The summed E-state index contributed by atoms with van der Waals surface area (Å²) in [6, 6.07) is 5.95. The molecule has 0 aliphatic carbocycles. The van der Waals surface area contributed by atoms with E-state index in [9.17, 15) is 5.11 Å². The molecule has 0 heterocycles. The number of aliphatic hydroxyl groups is 1. The van der Waals surface area contributed by atoms with Crippen molar-refractivity contribution in [3.05, 3.63) is 34.3 Å². The van der Waals surface area contributed by atoms with Gasteiger partial charge in [-0.15, -0.1) is 0 Å². The molecule has 1 aromatic rings. The third kappa shape index (κ3) is 3.23. The van der Waals surface area contributed by atoms with Crippen LogP contribution in [0.2, 0.25) is 5.02 Å². The van der Waals surface area contributed by atoms with Crippen LogP contribution in [0.4, 0.5) is 0 Å². The van der Waals surface area contributed by atoms with Crippen molar-refractivity contribution in [3.63, 3.8) is 0 Å². The Balaban J connectivity index is 3.09. The zero-order valence-electron chi connectivity index (χ0n) is 10.5. The van der Waals surface area contributed by atoms with Crippen LogP contribution < -0.4 is 0 Å². The Bertz CT molecular complexity index is 352. The minimum absolute atomic E-state index is 0.0886. The van der Waals surface area contributed by atoms with Crippen molar-refractivity contribution in [2.24, 2.45) is 0 Å². The van der Waals surface area contributed by atoms with E-state index in [2.05, 4.69) is 27.7 Å². The second-order valence-electron chi connectivity index (χ2n) is 5.29. The fraction of sp³-hybridized carbons (Fsp3) is 0.571. The highest BCUT2D eigenvalue weighted by atomic mass is 35.5. The molecular formula is C14H21ClO. The second kappa shape index (κ2) is 5.20. The maximum absolute atomic E-state index is 10.0. The van der Waals surface area contributed by atoms with Gasteiger partial charge in [0.2, 0.25) is 0 Å². The van der Waals surface area contributed by atoms with Crippen LogP contribution in [0, 0.1) is 0 Å². The van der Waals surface area contributed by atoms with E-state index in [1.807, 2.05) is 18.2 Å². The summed E-state index contributed by atoms with van der Waals surface area (Å²) < 4.78 is 0. The van der Waals surface area contributed by atoms with Gasteiger partial charge in [-0.2, -0.15) is 0 Å². The molecule has 2 heteroatoms. The molecule has 16 heavy (non-hydrogen) atoms. The highest BCUT2D eigenvalue weighted by Crippen LogP contribution is 2.31. The van der Waals surface area contributed by atoms with E-state index in [0.717, 1.165) is 18.4 Å². The number of hydrogen-bond acceptors (Lipinski definition) is 1. The van der Waals surface area contributed by atoms with Crippen molar-refractivity contribution in [1.82, 2.24) is 0 Å². The lowest BCUT2D eigenvalue weighted by Crippen LogP contribution is -2.12. The van der Waals surface area contributed by atoms with Crippen molar-refractivity contribution >= 4 is 11.6 Å². The van der Waals surface area contributed by atoms with E-state index < -0.39 is 6.10 Å². The largest absolute Gasteiger partial charge is 0.388 e. The lowest BCUT2D eigenvalue weighted by molar-refractivity contribution is 0.166. The Morgan fingerprint density at radius 2 is 1.94 bits per heavy atom. The topological polar surface area (TPSA) is 20.2 Å². The average Bonchev–Trinajstić information content (AvgIpc) is 2.16. The van der Waals surface area contributed by atoms with Crippen LogP contribution in [0.25, 0.3) is 0 Å². The molecular weight excluding hydrogens is 220 g/mol. The van der Waals surface area contributed by atoms with E-state index in [-0.39, 0.29) is 5.41 Å². The fourth-order valence-electron chi connectivity index (χ4n) is 1.69. The summed E-state index contributed by atoms with van der Waals surface area (Å²) in [5, 5.41) is 10.7. The predicted octanol–water partition coefficient (Wildman–Crippen LogP) is 4.47. The van der Waals surface area contributed by atoms with E-state index in [0.29, 0.717) is 5.02 Å². The highest BCUT2D eigenvalue weighted by Gasteiger charge is 2.17. The zero-order valence-corrected chi connectivity index (χ0v) is 11.3. The first-order chi connectivity index (χ1) is 7.36. The summed E-state index contributed by atoms with van der Waals surface area (Å²) in [5.74, 6) is 0. The second-order valence-corrected chi connectivity index (χ2v) is 5.70. The van der Waals surface area contributed by atoms with E-state index in [1.54, 1.807) is 0 Å². The number of rotatable bonds is 3. The Kier molecular flexibility index (Phi) is 4.40. The highest BCUT2D eigenvalue weighted by molar-refractivity contribution is 6.31. The first kappa shape index (κ1) is 13.5. The van der Waals surface area contributed by atoms with Gasteiger partial charge in [-0.3, -0.25) is 0 Å². The summed E-state index contributed by atoms with van der Waals surface area (Å²) in [4.78, 5) is 0. The molecule has 0 spiro atoms. The molecule has 0 saturated carbocycles. The number of aliphatic hydroxyl groups excluding tert-OH is 1. The molecule has 1 rings (SSSR count). The van der Waals surface area contributed by atoms with Gasteiger partial charge < -0.3 is 5.11 Å². The van der Waals surface area contributed by atoms with Gasteiger partial charge in [0.1, 0.15) is 0 Å². The summed E-state index contributed by atoms with van der Waals surface area (Å²) in [5.41, 5.74) is 2.16. The Labute approximate surface area is 103 Å². The van der Waals surface area contributed by atoms with Gasteiger partial charge in [-0.1, -0.05) is 57.8 Å². The Hall–Kier alpha value is -0.530. The number of halogens is 1. The van der Waals surface area contributed by atoms with E-state index >= 15 is 0 Å². The van der Waals surface area contributed by atoms with Crippen molar-refractivity contribution in [2.75, 3.05) is 0 Å². The third-order valence-electron chi connectivity index (χ3n) is 2.78. The molecule has 90 valence electrons. The monoisotopic (exact) mass is 240 g/mol. The van der Waals surface area contributed by atoms with Crippen molar-refractivity contribution in [1.29, 1.82) is 0 Å². The normalized spacial score (nSPS) is 13.9. The molecule has 1 unspecified atom stereocenters. The van der Waals surface area contributed by atoms with Crippen LogP contribution in [0.5, 0.6) is 0 Å². The van der Waals surface area contributed by atoms with Crippen LogP contribution in [-0.4, -0.2) is 5.11 Å². The van der Waals surface area contributed by atoms with Gasteiger partial charge in [-0.25, -0.2) is 0 Å². The first-order valence-electron chi connectivity index (χ1n) is 5.84. The summed E-state index contributed by atoms with van der Waals surface area (Å²) in [6.45, 7) is 8.54. The molecule has 0 bridgehead atoms. The van der Waals surface area contributed by atoms with Gasteiger partial charge >= 0.3 is 0 Å². The minimum atomic E-state index is -0.445. The van der Waals surface area contributed by atoms with Gasteiger partial charge in [0, 0.05) is 5.02 Å². The zero-order chi connectivity index (χ0) is 12.3. The van der Waals surface area contributed by atoms with Crippen molar-refractivity contribution in [3.8, 4) is 0 Å². The smallest absolute Gasteiger partial charge is 0.0804 e. The predicted molar refractivity (Wildman–Crippen MR) is 70.0 cm³/mol. The van der Waals surface area contributed by atoms with Crippen molar-refractivity contribution in [2.45, 2.75) is 52.1 Å². The standard InChI is InChI=1S/C14H21ClO/c1-5-6-13(16)11-9-10(14(2,3)4)7-8-12(11)15/h7-9,13,16H,5-6H2,1-4H3. The summed E-state index contributed by atoms with van der Waals surface area (Å²) in [7, 11) is 0. The fourth-order valence-corrected chi connectivity index (χ4v) is 1.94. The summed E-state index contributed by atoms with van der Waals surface area (Å²) >= 11 is 6.12. The Morgan fingerprint density at radius 1 is 1.31 bits per heavy atom. The maximum atomic E-state index is 10.0. The molecule has 0 aliphatic rings. The SMILES string of the molecule is CCCC(O)c1cc(C(C)(C)C)ccc1Cl. The van der Waals surface area contributed by atoms with E-state index in [1.165, 1.54) is 5.56 Å². The van der Waals surface area contributed by atoms with Gasteiger partial charge in [0.25, 0.3) is 0 Å². The molecule has 0 aliphatic heterocycles. The van der Waals surface area contributed by atoms with Crippen LogP contribution >= 0.6 is 11.6 Å². The van der Waals surface area contributed by atoms with Crippen LogP contribution in [0.1, 0.15) is 57.8 Å². The maximum Gasteiger partial charge on any atom is 0.0804 e. The molecule has 1 N–H and O–H groups in total. The van der Waals surface area contributed by atoms with Crippen LogP contribution in [0.3, 0.4) is 0 Å². The minimum Gasteiger partial charge on any atom is -0.388 e. The van der Waals surface area contributed by atoms with Gasteiger partial charge in [0.15, 0.2) is 0 Å². The van der Waals surface area contributed by atoms with Crippen molar-refractivity contribution < 1.29 is 5.11 Å². The molecule has 0 aromatic heterocycles. The Morgan fingerprint density at radius 3 is 2.44 bits per heavy atom. The molecule has 1 atom stereocenters. The molecule has 1 nitrogen and oxygen atoms in total. The quantitative estimate of drug-likeness (QED) is 0.827. The van der Waals surface area contributed by atoms with Crippen LogP contribution in [0.15, 0.2) is 18.2 Å². The van der Waals surface area contributed by atoms with E-state index in [4.69, 9.17) is 11.6 Å². The molecule has 0 amide bonds. The summed E-state index contributed by atoms with van der Waals surface area (Å²) in [6.07, 6.45) is 1.27.